The van der Waals surface area contributed by atoms with Crippen LogP contribution in [0.1, 0.15) is 34.1 Å². The average molecular weight is 418 g/mol. The topological polar surface area (TPSA) is 157 Å². The Morgan fingerprint density at radius 2 is 1.83 bits per heavy atom. The molecule has 0 atom stereocenters. The zero-order chi connectivity index (χ0) is 21.6. The summed E-state index contributed by atoms with van der Waals surface area (Å²) in [6.07, 6.45) is -0.105. The maximum Gasteiger partial charge on any atom is 0.272 e. The number of nitrogens with one attached hydrogen (secondary N) is 2. The zero-order valence-electron chi connectivity index (χ0n) is 15.1. The first kappa shape index (κ1) is 21.5. The van der Waals surface area contributed by atoms with E-state index in [4.69, 9.17) is 17.3 Å². The van der Waals surface area contributed by atoms with Gasteiger partial charge in [0.1, 0.15) is 0 Å². The van der Waals surface area contributed by atoms with Crippen molar-refractivity contribution in [2.45, 2.75) is 13.3 Å². The van der Waals surface area contributed by atoms with Crippen LogP contribution in [0, 0.1) is 10.1 Å². The number of rotatable bonds is 7. The Kier molecular flexibility index (Phi) is 6.99. The number of hydrogen-bond acceptors (Lipinski definition) is 6. The molecular formula is C18H16ClN5O5. The third kappa shape index (κ3) is 6.11. The number of nitrogens with two attached hydrogens (primary N) is 1. The van der Waals surface area contributed by atoms with Crippen molar-refractivity contribution in [1.29, 1.82) is 0 Å². The Morgan fingerprint density at radius 1 is 1.17 bits per heavy atom. The van der Waals surface area contributed by atoms with Gasteiger partial charge in [-0.05, 0) is 37.3 Å². The molecule has 0 bridgehead atoms. The minimum atomic E-state index is -0.674. The molecule has 0 spiro atoms. The van der Waals surface area contributed by atoms with Gasteiger partial charge in [0.05, 0.1) is 21.9 Å². The molecule has 4 N–H and O–H groups in total. The second kappa shape index (κ2) is 9.42. The van der Waals surface area contributed by atoms with Gasteiger partial charge in [-0.1, -0.05) is 11.6 Å². The minimum absolute atomic E-state index is 0.00723. The summed E-state index contributed by atoms with van der Waals surface area (Å²) in [4.78, 5) is 45.2. The number of halogens is 1. The molecule has 2 aromatic rings. The summed E-state index contributed by atoms with van der Waals surface area (Å²) in [6.45, 7) is 1.54. The van der Waals surface area contributed by atoms with Gasteiger partial charge in [0.25, 0.3) is 11.6 Å². The van der Waals surface area contributed by atoms with E-state index in [9.17, 15) is 24.5 Å². The number of anilines is 1. The summed E-state index contributed by atoms with van der Waals surface area (Å²) < 4.78 is 0. The van der Waals surface area contributed by atoms with Gasteiger partial charge in [-0.2, -0.15) is 5.10 Å². The first-order chi connectivity index (χ1) is 13.7. The summed E-state index contributed by atoms with van der Waals surface area (Å²) >= 11 is 5.88. The van der Waals surface area contributed by atoms with Gasteiger partial charge >= 0.3 is 0 Å². The van der Waals surface area contributed by atoms with E-state index in [-0.39, 0.29) is 28.6 Å². The molecule has 0 radical (unpaired) electrons. The van der Waals surface area contributed by atoms with E-state index in [1.807, 2.05) is 0 Å². The SMILES string of the molecule is C/C(CC(=O)Nc1ccc(C(N)=O)cc1)=N/NC(=O)c1ccc([N+](=O)[O-])cc1Cl. The van der Waals surface area contributed by atoms with Gasteiger partial charge in [0.15, 0.2) is 0 Å². The number of hydrogen-bond donors (Lipinski definition) is 3. The van der Waals surface area contributed by atoms with Crippen molar-refractivity contribution in [3.05, 3.63) is 68.7 Å². The Labute approximate surface area is 169 Å². The highest BCUT2D eigenvalue weighted by molar-refractivity contribution is 6.34. The van der Waals surface area contributed by atoms with Crippen molar-refractivity contribution < 1.29 is 19.3 Å². The molecule has 0 fully saturated rings. The van der Waals surface area contributed by atoms with Crippen molar-refractivity contribution in [3.8, 4) is 0 Å². The fourth-order valence-electron chi connectivity index (χ4n) is 2.20. The Hall–Kier alpha value is -3.79. The van der Waals surface area contributed by atoms with Gasteiger partial charge in [-0.25, -0.2) is 5.43 Å². The molecule has 0 saturated heterocycles. The lowest BCUT2D eigenvalue weighted by Crippen LogP contribution is -2.22. The molecule has 0 aliphatic carbocycles. The number of primary amides is 1. The molecule has 11 heteroatoms. The van der Waals surface area contributed by atoms with Gasteiger partial charge in [0.2, 0.25) is 11.8 Å². The number of nitrogens with zero attached hydrogens (tertiary/aromatic N) is 2. The molecule has 0 aliphatic heterocycles. The molecule has 150 valence electrons. The largest absolute Gasteiger partial charge is 0.366 e. The third-order valence-corrected chi connectivity index (χ3v) is 3.94. The van der Waals surface area contributed by atoms with E-state index in [0.29, 0.717) is 17.0 Å². The average Bonchev–Trinajstić information content (AvgIpc) is 2.66. The van der Waals surface area contributed by atoms with Crippen LogP contribution < -0.4 is 16.5 Å². The highest BCUT2D eigenvalue weighted by Gasteiger charge is 2.15. The number of amides is 3. The summed E-state index contributed by atoms with van der Waals surface area (Å²) in [6, 6.07) is 9.44. The number of hydrazone groups is 1. The second-order valence-corrected chi connectivity index (χ2v) is 6.28. The van der Waals surface area contributed by atoms with Crippen LogP contribution in [0.25, 0.3) is 0 Å². The molecular weight excluding hydrogens is 402 g/mol. The number of benzene rings is 2. The maximum atomic E-state index is 12.1. The fraction of sp³-hybridized carbons (Fsp3) is 0.111. The normalized spacial score (nSPS) is 10.9. The minimum Gasteiger partial charge on any atom is -0.366 e. The van der Waals surface area contributed by atoms with Crippen molar-refractivity contribution in [2.24, 2.45) is 10.8 Å². The van der Waals surface area contributed by atoms with Crippen LogP contribution in [0.2, 0.25) is 5.02 Å². The molecule has 0 aromatic heterocycles. The van der Waals surface area contributed by atoms with Crippen LogP contribution in [-0.2, 0) is 4.79 Å². The van der Waals surface area contributed by atoms with Gasteiger partial charge in [0, 0.05) is 29.1 Å². The van der Waals surface area contributed by atoms with Crippen LogP contribution in [0.5, 0.6) is 0 Å². The standard InChI is InChI=1S/C18H16ClN5O5/c1-10(8-16(25)21-12-4-2-11(3-5-12)17(20)26)22-23-18(27)14-7-6-13(24(28)29)9-15(14)19/h2-7,9H,8H2,1H3,(H2,20,26)(H,21,25)(H,23,27)/b22-10-. The summed E-state index contributed by atoms with van der Waals surface area (Å²) in [5.41, 5.74) is 8.24. The first-order valence-electron chi connectivity index (χ1n) is 8.14. The monoisotopic (exact) mass is 417 g/mol. The van der Waals surface area contributed by atoms with E-state index in [2.05, 4.69) is 15.8 Å². The summed E-state index contributed by atoms with van der Waals surface area (Å²) in [5.74, 6) is -1.64. The van der Waals surface area contributed by atoms with Crippen LogP contribution >= 0.6 is 11.6 Å². The lowest BCUT2D eigenvalue weighted by Gasteiger charge is -2.06. The number of carbonyl (C=O) groups is 3. The van der Waals surface area contributed by atoms with Crippen LogP contribution in [-0.4, -0.2) is 28.4 Å². The first-order valence-corrected chi connectivity index (χ1v) is 8.52. The van der Waals surface area contributed by atoms with Gasteiger partial charge in [-0.3, -0.25) is 24.5 Å². The Balaban J connectivity index is 1.93. The molecule has 10 nitrogen and oxygen atoms in total. The zero-order valence-corrected chi connectivity index (χ0v) is 15.9. The number of nitro groups is 1. The smallest absolute Gasteiger partial charge is 0.272 e. The van der Waals surface area contributed by atoms with Gasteiger partial charge < -0.3 is 11.1 Å². The highest BCUT2D eigenvalue weighted by Crippen LogP contribution is 2.22. The van der Waals surface area contributed by atoms with E-state index < -0.39 is 16.7 Å². The van der Waals surface area contributed by atoms with Crippen molar-refractivity contribution in [2.75, 3.05) is 5.32 Å². The second-order valence-electron chi connectivity index (χ2n) is 5.88. The van der Waals surface area contributed by atoms with Crippen molar-refractivity contribution in [1.82, 2.24) is 5.43 Å². The number of non-ortho nitro benzene ring substituents is 1. The molecule has 0 heterocycles. The van der Waals surface area contributed by atoms with E-state index in [0.717, 1.165) is 12.1 Å². The Morgan fingerprint density at radius 3 is 2.38 bits per heavy atom. The molecule has 0 unspecified atom stereocenters. The van der Waals surface area contributed by atoms with Crippen LogP contribution in [0.4, 0.5) is 11.4 Å². The molecule has 0 saturated carbocycles. The quantitative estimate of drug-likeness (QED) is 0.358. The lowest BCUT2D eigenvalue weighted by molar-refractivity contribution is -0.384. The third-order valence-electron chi connectivity index (χ3n) is 3.63. The van der Waals surface area contributed by atoms with E-state index in [1.54, 1.807) is 0 Å². The maximum absolute atomic E-state index is 12.1. The van der Waals surface area contributed by atoms with E-state index in [1.165, 1.54) is 37.3 Å². The fourth-order valence-corrected chi connectivity index (χ4v) is 2.46. The molecule has 3 amide bonds. The predicted octanol–water partition coefficient (Wildman–Crippen LogP) is 2.48. The molecule has 2 aromatic carbocycles. The van der Waals surface area contributed by atoms with Crippen LogP contribution in [0.3, 0.4) is 0 Å². The molecule has 0 aliphatic rings. The van der Waals surface area contributed by atoms with Crippen molar-refractivity contribution in [3.63, 3.8) is 0 Å². The van der Waals surface area contributed by atoms with Gasteiger partial charge in [-0.15, -0.1) is 0 Å². The van der Waals surface area contributed by atoms with Crippen molar-refractivity contribution >= 4 is 46.4 Å². The Bertz CT molecular complexity index is 1000. The lowest BCUT2D eigenvalue weighted by atomic mass is 10.2. The summed E-state index contributed by atoms with van der Waals surface area (Å²) in [7, 11) is 0. The molecule has 2 rings (SSSR count). The number of carbonyl (C=O) groups excluding carboxylic acids is 3. The number of nitro benzene ring substituents is 1. The van der Waals surface area contributed by atoms with Crippen LogP contribution in [0.15, 0.2) is 47.6 Å². The predicted molar refractivity (Wildman–Crippen MR) is 107 cm³/mol. The highest BCUT2D eigenvalue weighted by atomic mass is 35.5. The summed E-state index contributed by atoms with van der Waals surface area (Å²) in [5, 5.41) is 17.0. The van der Waals surface area contributed by atoms with E-state index >= 15 is 0 Å². The molecule has 29 heavy (non-hydrogen) atoms.